The molecule has 4 rings (SSSR count). The molecule has 4 atom stereocenters. The molecular formula is C18H27N5O5. The van der Waals surface area contributed by atoms with Crippen LogP contribution >= 0.6 is 0 Å². The molecule has 2 aromatic rings. The Morgan fingerprint density at radius 2 is 1.96 bits per heavy atom. The number of hydrogen-bond donors (Lipinski definition) is 4. The lowest BCUT2D eigenvalue weighted by atomic mass is 9.87. The Morgan fingerprint density at radius 3 is 2.68 bits per heavy atom. The number of ether oxygens (including phenoxy) is 2. The van der Waals surface area contributed by atoms with Crippen LogP contribution in [0.3, 0.4) is 0 Å². The summed E-state index contributed by atoms with van der Waals surface area (Å²) in [5, 5.41) is 29.6. The number of fused-ring (bicyclic) bond motifs is 1. The lowest BCUT2D eigenvalue weighted by molar-refractivity contribution is -0.0511. The molecule has 2 unspecified atom stereocenters. The van der Waals surface area contributed by atoms with Gasteiger partial charge in [0, 0.05) is 0 Å². The number of aliphatic hydroxyl groups excluding tert-OH is 3. The van der Waals surface area contributed by atoms with Gasteiger partial charge >= 0.3 is 6.01 Å². The van der Waals surface area contributed by atoms with Gasteiger partial charge in [0.15, 0.2) is 23.2 Å². The highest BCUT2D eigenvalue weighted by molar-refractivity contribution is 5.82. The van der Waals surface area contributed by atoms with Crippen LogP contribution in [0.4, 0.5) is 5.82 Å². The molecule has 10 nitrogen and oxygen atoms in total. The van der Waals surface area contributed by atoms with Gasteiger partial charge < -0.3 is 30.5 Å². The first-order chi connectivity index (χ1) is 13.6. The van der Waals surface area contributed by atoms with Crippen LogP contribution in [0, 0.1) is 5.92 Å². The summed E-state index contributed by atoms with van der Waals surface area (Å²) in [5.74, 6) is 0.849. The molecule has 1 saturated carbocycles. The minimum absolute atomic E-state index is 0.148. The highest BCUT2D eigenvalue weighted by Gasteiger charge is 2.44. The molecular weight excluding hydrogens is 366 g/mol. The number of aromatic nitrogens is 4. The van der Waals surface area contributed by atoms with Crippen molar-refractivity contribution in [3.8, 4) is 6.01 Å². The van der Waals surface area contributed by atoms with Crippen molar-refractivity contribution in [3.05, 3.63) is 6.33 Å². The molecule has 154 valence electrons. The number of nitrogens with zero attached hydrogens (tertiary/aromatic N) is 4. The van der Waals surface area contributed by atoms with Crippen molar-refractivity contribution in [1.29, 1.82) is 0 Å². The van der Waals surface area contributed by atoms with Crippen molar-refractivity contribution in [2.75, 3.05) is 18.9 Å². The van der Waals surface area contributed by atoms with E-state index in [1.807, 2.05) is 0 Å². The van der Waals surface area contributed by atoms with Crippen LogP contribution in [0.1, 0.15) is 44.8 Å². The maximum absolute atomic E-state index is 10.3. The molecule has 5 N–H and O–H groups in total. The summed E-state index contributed by atoms with van der Waals surface area (Å²) in [6, 6.07) is 0.148. The van der Waals surface area contributed by atoms with Gasteiger partial charge in [-0.05, 0) is 12.3 Å². The molecule has 10 heteroatoms. The first kappa shape index (κ1) is 19.3. The number of nitrogens with two attached hydrogens (primary N) is 1. The fraction of sp³-hybridized carbons (Fsp3) is 0.722. The van der Waals surface area contributed by atoms with Crippen molar-refractivity contribution in [2.24, 2.45) is 5.92 Å². The smallest absolute Gasteiger partial charge is 0.320 e. The van der Waals surface area contributed by atoms with Gasteiger partial charge in [0.1, 0.15) is 18.3 Å². The largest absolute Gasteiger partial charge is 0.463 e. The minimum atomic E-state index is -1.23. The van der Waals surface area contributed by atoms with E-state index in [0.717, 1.165) is 6.42 Å². The zero-order valence-corrected chi connectivity index (χ0v) is 15.6. The Kier molecular flexibility index (Phi) is 5.63. The fourth-order valence-electron chi connectivity index (χ4n) is 4.07. The minimum Gasteiger partial charge on any atom is -0.463 e. The predicted octanol–water partition coefficient (Wildman–Crippen LogP) is 0.369. The number of imidazole rings is 1. The van der Waals surface area contributed by atoms with Gasteiger partial charge in [-0.1, -0.05) is 32.1 Å². The number of rotatable bonds is 6. The molecule has 28 heavy (non-hydrogen) atoms. The maximum atomic E-state index is 10.3. The molecule has 0 spiro atoms. The molecule has 0 bridgehead atoms. The van der Waals surface area contributed by atoms with Gasteiger partial charge in [0.05, 0.1) is 19.5 Å². The number of hydrogen-bond acceptors (Lipinski definition) is 9. The van der Waals surface area contributed by atoms with Crippen LogP contribution in [-0.2, 0) is 4.74 Å². The van der Waals surface area contributed by atoms with Gasteiger partial charge in [0.25, 0.3) is 0 Å². The second-order valence-corrected chi connectivity index (χ2v) is 7.59. The van der Waals surface area contributed by atoms with Gasteiger partial charge in [-0.25, -0.2) is 4.98 Å². The standard InChI is InChI=1S/C18H27N5O5/c19-15-12-16(22-18(21-15)27-7-6-10-4-2-1-3-5-10)23(9-20-12)17-14(26)13(25)11(8-24)28-17/h9-11,13-14,17,24-26H,1-8H2,(H2,19,21,22)/t11-,13?,14?,17-/m1/s1. The van der Waals surface area contributed by atoms with E-state index in [0.29, 0.717) is 23.7 Å². The molecule has 3 heterocycles. The molecule has 1 saturated heterocycles. The third-order valence-corrected chi connectivity index (χ3v) is 5.70. The Hall–Kier alpha value is -2.01. The number of nitrogen functional groups attached to an aromatic ring is 1. The van der Waals surface area contributed by atoms with E-state index in [2.05, 4.69) is 15.0 Å². The van der Waals surface area contributed by atoms with Gasteiger partial charge in [-0.15, -0.1) is 0 Å². The summed E-state index contributed by atoms with van der Waals surface area (Å²) >= 11 is 0. The average Bonchev–Trinajstić information content (AvgIpc) is 3.24. The monoisotopic (exact) mass is 393 g/mol. The summed E-state index contributed by atoms with van der Waals surface area (Å²) in [6.45, 7) is 0.103. The van der Waals surface area contributed by atoms with Crippen molar-refractivity contribution < 1.29 is 24.8 Å². The van der Waals surface area contributed by atoms with E-state index in [1.54, 1.807) is 0 Å². The van der Waals surface area contributed by atoms with E-state index < -0.39 is 31.1 Å². The highest BCUT2D eigenvalue weighted by atomic mass is 16.6. The average molecular weight is 393 g/mol. The third kappa shape index (κ3) is 3.64. The van der Waals surface area contributed by atoms with E-state index in [-0.39, 0.29) is 11.8 Å². The van der Waals surface area contributed by atoms with Crippen LogP contribution in [0.15, 0.2) is 6.33 Å². The summed E-state index contributed by atoms with van der Waals surface area (Å²) in [5.41, 5.74) is 6.70. The van der Waals surface area contributed by atoms with Crippen molar-refractivity contribution in [2.45, 2.75) is 63.1 Å². The molecule has 0 radical (unpaired) electrons. The summed E-state index contributed by atoms with van der Waals surface area (Å²) in [6.07, 6.45) is 4.46. The first-order valence-corrected chi connectivity index (χ1v) is 9.83. The van der Waals surface area contributed by atoms with Crippen molar-refractivity contribution in [3.63, 3.8) is 0 Å². The van der Waals surface area contributed by atoms with Crippen LogP contribution in [-0.4, -0.2) is 66.4 Å². The topological polar surface area (TPSA) is 149 Å². The van der Waals surface area contributed by atoms with Crippen LogP contribution < -0.4 is 10.5 Å². The van der Waals surface area contributed by atoms with Gasteiger partial charge in [0.2, 0.25) is 0 Å². The molecule has 0 amide bonds. The molecule has 2 fully saturated rings. The zero-order chi connectivity index (χ0) is 19.7. The second-order valence-electron chi connectivity index (χ2n) is 7.59. The Bertz CT molecular complexity index is 809. The van der Waals surface area contributed by atoms with Crippen LogP contribution in [0.25, 0.3) is 11.2 Å². The Morgan fingerprint density at radius 1 is 1.18 bits per heavy atom. The normalized spacial score (nSPS) is 28.8. The second kappa shape index (κ2) is 8.16. The van der Waals surface area contributed by atoms with Gasteiger partial charge in [-0.3, -0.25) is 4.57 Å². The van der Waals surface area contributed by atoms with E-state index in [9.17, 15) is 15.3 Å². The Labute approximate surface area is 162 Å². The van der Waals surface area contributed by atoms with E-state index in [1.165, 1.54) is 43.0 Å². The SMILES string of the molecule is Nc1nc(OCCC2CCCCC2)nc2c1ncn2[C@@H]1O[C@H](CO)C(O)C1O. The third-order valence-electron chi connectivity index (χ3n) is 5.70. The highest BCUT2D eigenvalue weighted by Crippen LogP contribution is 2.32. The zero-order valence-electron chi connectivity index (χ0n) is 15.6. The first-order valence-electron chi connectivity index (χ1n) is 9.83. The number of anilines is 1. The van der Waals surface area contributed by atoms with E-state index in [4.69, 9.17) is 15.2 Å². The summed E-state index contributed by atoms with van der Waals surface area (Å²) in [4.78, 5) is 12.7. The van der Waals surface area contributed by atoms with Gasteiger partial charge in [-0.2, -0.15) is 9.97 Å². The lowest BCUT2D eigenvalue weighted by Gasteiger charge is -2.21. The fourth-order valence-corrected chi connectivity index (χ4v) is 4.07. The Balaban J connectivity index is 1.51. The number of aliphatic hydroxyl groups is 3. The quantitative estimate of drug-likeness (QED) is 0.546. The van der Waals surface area contributed by atoms with Crippen LogP contribution in [0.2, 0.25) is 0 Å². The molecule has 1 aliphatic heterocycles. The summed E-state index contributed by atoms with van der Waals surface area (Å²) < 4.78 is 12.8. The maximum Gasteiger partial charge on any atom is 0.320 e. The molecule has 1 aliphatic carbocycles. The van der Waals surface area contributed by atoms with E-state index >= 15 is 0 Å². The predicted molar refractivity (Wildman–Crippen MR) is 99.4 cm³/mol. The molecule has 0 aromatic carbocycles. The van der Waals surface area contributed by atoms with Crippen molar-refractivity contribution >= 4 is 17.0 Å². The summed E-state index contributed by atoms with van der Waals surface area (Å²) in [7, 11) is 0. The van der Waals surface area contributed by atoms with Crippen LogP contribution in [0.5, 0.6) is 6.01 Å². The molecule has 2 aliphatic rings. The lowest BCUT2D eigenvalue weighted by Crippen LogP contribution is -2.33. The van der Waals surface area contributed by atoms with Crippen molar-refractivity contribution in [1.82, 2.24) is 19.5 Å². The molecule has 2 aromatic heterocycles.